The molecule has 2 aromatic carbocycles. The Kier molecular flexibility index (Phi) is 7.39. The molecule has 2 aromatic rings. The van der Waals surface area contributed by atoms with Gasteiger partial charge in [0.05, 0.1) is 16.3 Å². The Morgan fingerprint density at radius 3 is 2.34 bits per heavy atom. The van der Waals surface area contributed by atoms with Crippen LogP contribution in [0.2, 0.25) is 0 Å². The van der Waals surface area contributed by atoms with E-state index < -0.39 is 20.0 Å². The average molecular weight is 480 g/mol. The summed E-state index contributed by atoms with van der Waals surface area (Å²) >= 11 is 0. The quantitative estimate of drug-likeness (QED) is 0.584. The highest BCUT2D eigenvalue weighted by Crippen LogP contribution is 2.26. The van der Waals surface area contributed by atoms with E-state index in [1.165, 1.54) is 44.4 Å². The van der Waals surface area contributed by atoms with Crippen LogP contribution in [-0.4, -0.2) is 64.5 Å². The third kappa shape index (κ3) is 5.20. The number of anilines is 1. The van der Waals surface area contributed by atoms with Gasteiger partial charge in [0.2, 0.25) is 20.0 Å². The van der Waals surface area contributed by atoms with Crippen molar-refractivity contribution in [3.05, 3.63) is 54.1 Å². The second-order valence-electron chi connectivity index (χ2n) is 8.08. The molecule has 0 aliphatic carbocycles. The maximum atomic E-state index is 12.9. The molecular formula is C22H29N3O5S2. The van der Waals surface area contributed by atoms with Crippen molar-refractivity contribution in [3.63, 3.8) is 0 Å². The fourth-order valence-corrected chi connectivity index (χ4v) is 6.28. The van der Waals surface area contributed by atoms with E-state index in [-0.39, 0.29) is 33.7 Å². The van der Waals surface area contributed by atoms with Crippen LogP contribution in [-0.2, 0) is 20.0 Å². The molecule has 1 N–H and O–H groups in total. The molecule has 10 heteroatoms. The zero-order valence-electron chi connectivity index (χ0n) is 18.5. The Balaban J connectivity index is 1.68. The highest BCUT2D eigenvalue weighted by Gasteiger charge is 2.30. The summed E-state index contributed by atoms with van der Waals surface area (Å²) in [5.74, 6) is -0.278. The first-order valence-electron chi connectivity index (χ1n) is 10.4. The number of Topliss-reactive ketones (excluding diaryl/α,β-unsaturated/α-hetero) is 1. The number of nitrogens with one attached hydrogen (secondary N) is 1. The van der Waals surface area contributed by atoms with E-state index in [9.17, 15) is 21.6 Å². The molecule has 1 fully saturated rings. The van der Waals surface area contributed by atoms with E-state index in [1.54, 1.807) is 22.5 Å². The van der Waals surface area contributed by atoms with Gasteiger partial charge in [-0.2, -0.15) is 4.31 Å². The molecule has 0 bridgehead atoms. The molecule has 3 rings (SSSR count). The van der Waals surface area contributed by atoms with Crippen molar-refractivity contribution in [2.75, 3.05) is 32.5 Å². The normalized spacial score (nSPS) is 17.9. The van der Waals surface area contributed by atoms with Crippen LogP contribution in [0.5, 0.6) is 0 Å². The van der Waals surface area contributed by atoms with Crippen LogP contribution in [0.3, 0.4) is 0 Å². The molecule has 0 amide bonds. The molecule has 8 nitrogen and oxygen atoms in total. The molecule has 0 radical (unpaired) electrons. The first-order chi connectivity index (χ1) is 15.0. The lowest BCUT2D eigenvalue weighted by atomic mass is 10.1. The van der Waals surface area contributed by atoms with Gasteiger partial charge < -0.3 is 5.32 Å². The van der Waals surface area contributed by atoms with Crippen molar-refractivity contribution >= 4 is 31.5 Å². The van der Waals surface area contributed by atoms with Gasteiger partial charge in [-0.1, -0.05) is 18.6 Å². The summed E-state index contributed by atoms with van der Waals surface area (Å²) in [6.45, 7) is 2.40. The zero-order valence-corrected chi connectivity index (χ0v) is 20.1. The van der Waals surface area contributed by atoms with Crippen molar-refractivity contribution in [2.24, 2.45) is 0 Å². The standard InChI is InChI=1S/C22H29N3O5S2/c1-17-7-4-5-14-25(17)32(29,30)20-12-10-19(11-13-20)23-16-22(26)18-8-6-9-21(15-18)31(27,28)24(2)3/h6,8-13,15,17,23H,4-5,7,14,16H2,1-3H3. The largest absolute Gasteiger partial charge is 0.378 e. The summed E-state index contributed by atoms with van der Waals surface area (Å²) in [4.78, 5) is 12.8. The van der Waals surface area contributed by atoms with Crippen LogP contribution in [0, 0.1) is 0 Å². The number of benzene rings is 2. The molecule has 1 aliphatic heterocycles. The molecule has 0 saturated carbocycles. The highest BCUT2D eigenvalue weighted by molar-refractivity contribution is 7.89. The monoisotopic (exact) mass is 479 g/mol. The fraction of sp³-hybridized carbons (Fsp3) is 0.409. The van der Waals surface area contributed by atoms with Crippen molar-refractivity contribution in [1.29, 1.82) is 0 Å². The lowest BCUT2D eigenvalue weighted by Gasteiger charge is -2.32. The van der Waals surface area contributed by atoms with E-state index in [2.05, 4.69) is 5.32 Å². The van der Waals surface area contributed by atoms with Crippen LogP contribution in [0.25, 0.3) is 0 Å². The lowest BCUT2D eigenvalue weighted by Crippen LogP contribution is -2.41. The van der Waals surface area contributed by atoms with Crippen LogP contribution in [0.1, 0.15) is 36.5 Å². The van der Waals surface area contributed by atoms with Gasteiger partial charge in [0.15, 0.2) is 5.78 Å². The van der Waals surface area contributed by atoms with Crippen molar-refractivity contribution in [3.8, 4) is 0 Å². The van der Waals surface area contributed by atoms with E-state index in [0.29, 0.717) is 12.2 Å². The minimum absolute atomic E-state index is 0.0174. The summed E-state index contributed by atoms with van der Waals surface area (Å²) < 4.78 is 53.0. The van der Waals surface area contributed by atoms with E-state index in [1.807, 2.05) is 6.92 Å². The molecule has 32 heavy (non-hydrogen) atoms. The number of carbonyl (C=O) groups is 1. The summed E-state index contributed by atoms with van der Waals surface area (Å²) in [6.07, 6.45) is 2.76. The van der Waals surface area contributed by atoms with Crippen LogP contribution < -0.4 is 5.32 Å². The smallest absolute Gasteiger partial charge is 0.243 e. The summed E-state index contributed by atoms with van der Waals surface area (Å²) in [7, 11) is -4.32. The maximum absolute atomic E-state index is 12.9. The molecule has 0 spiro atoms. The third-order valence-corrected chi connectivity index (χ3v) is 9.43. The maximum Gasteiger partial charge on any atom is 0.243 e. The van der Waals surface area contributed by atoms with Gasteiger partial charge in [0.1, 0.15) is 0 Å². The first kappa shape index (κ1) is 24.4. The lowest BCUT2D eigenvalue weighted by molar-refractivity contribution is 0.101. The average Bonchev–Trinajstić information content (AvgIpc) is 2.78. The Morgan fingerprint density at radius 1 is 1.03 bits per heavy atom. The molecule has 1 heterocycles. The third-order valence-electron chi connectivity index (χ3n) is 5.59. The number of sulfonamides is 2. The summed E-state index contributed by atoms with van der Waals surface area (Å²) in [6, 6.07) is 12.2. The first-order valence-corrected chi connectivity index (χ1v) is 13.3. The Labute approximate surface area is 190 Å². The second-order valence-corrected chi connectivity index (χ2v) is 12.1. The Bertz CT molecular complexity index is 1180. The number of nitrogens with zero attached hydrogens (tertiary/aromatic N) is 2. The van der Waals surface area contributed by atoms with Crippen LogP contribution >= 0.6 is 0 Å². The summed E-state index contributed by atoms with van der Waals surface area (Å²) in [5, 5.41) is 2.97. The van der Waals surface area contributed by atoms with Gasteiger partial charge in [-0.15, -0.1) is 0 Å². The van der Waals surface area contributed by atoms with Crippen LogP contribution in [0.4, 0.5) is 5.69 Å². The number of hydrogen-bond acceptors (Lipinski definition) is 6. The molecule has 1 aliphatic rings. The minimum Gasteiger partial charge on any atom is -0.378 e. The zero-order chi connectivity index (χ0) is 23.5. The molecule has 1 atom stereocenters. The van der Waals surface area contributed by atoms with Gasteiger partial charge in [-0.05, 0) is 56.2 Å². The molecule has 1 saturated heterocycles. The second kappa shape index (κ2) is 9.70. The summed E-state index contributed by atoms with van der Waals surface area (Å²) in [5.41, 5.74) is 0.875. The Hall–Kier alpha value is -2.27. The number of hydrogen-bond donors (Lipinski definition) is 1. The number of ketones is 1. The van der Waals surface area contributed by atoms with Gasteiger partial charge in [0.25, 0.3) is 0 Å². The van der Waals surface area contributed by atoms with E-state index in [0.717, 1.165) is 23.6 Å². The number of rotatable bonds is 8. The highest BCUT2D eigenvalue weighted by atomic mass is 32.2. The van der Waals surface area contributed by atoms with Gasteiger partial charge >= 0.3 is 0 Å². The van der Waals surface area contributed by atoms with Crippen molar-refractivity contribution < 1.29 is 21.6 Å². The van der Waals surface area contributed by atoms with Gasteiger partial charge in [-0.3, -0.25) is 4.79 Å². The topological polar surface area (TPSA) is 104 Å². The molecular weight excluding hydrogens is 450 g/mol. The van der Waals surface area contributed by atoms with Crippen molar-refractivity contribution in [2.45, 2.75) is 42.0 Å². The van der Waals surface area contributed by atoms with Gasteiger partial charge in [0, 0.05) is 37.9 Å². The SMILES string of the molecule is CC1CCCCN1S(=O)(=O)c1ccc(NCC(=O)c2cccc(S(=O)(=O)N(C)C)c2)cc1. The van der Waals surface area contributed by atoms with Gasteiger partial charge in [-0.25, -0.2) is 21.1 Å². The van der Waals surface area contributed by atoms with Crippen molar-refractivity contribution in [1.82, 2.24) is 8.61 Å². The van der Waals surface area contributed by atoms with E-state index >= 15 is 0 Å². The number of carbonyl (C=O) groups excluding carboxylic acids is 1. The van der Waals surface area contributed by atoms with Crippen LogP contribution in [0.15, 0.2) is 58.3 Å². The molecule has 1 unspecified atom stereocenters. The predicted molar refractivity (Wildman–Crippen MR) is 124 cm³/mol. The fourth-order valence-electron chi connectivity index (χ4n) is 3.63. The predicted octanol–water partition coefficient (Wildman–Crippen LogP) is 2.79. The molecule has 0 aromatic heterocycles. The number of piperidine rings is 1. The minimum atomic E-state index is -3.63. The van der Waals surface area contributed by atoms with E-state index in [4.69, 9.17) is 0 Å². The Morgan fingerprint density at radius 2 is 1.72 bits per heavy atom. The molecule has 174 valence electrons.